The maximum atomic E-state index is 12.0. The van der Waals surface area contributed by atoms with Crippen LogP contribution in [-0.4, -0.2) is 31.0 Å². The molecule has 1 atom stereocenters. The summed E-state index contributed by atoms with van der Waals surface area (Å²) in [4.78, 5) is 25.4. The Morgan fingerprint density at radius 3 is 2.95 bits per heavy atom. The zero-order chi connectivity index (χ0) is 14.7. The molecule has 1 heterocycles. The van der Waals surface area contributed by atoms with Gasteiger partial charge >= 0.3 is 0 Å². The van der Waals surface area contributed by atoms with Crippen LogP contribution < -0.4 is 15.0 Å². The molecule has 108 valence electrons. The molecular weight excluding hydrogens is 256 g/mol. The second kappa shape index (κ2) is 5.94. The number of nitrogens with one attached hydrogen (secondary N) is 1. The molecule has 2 rings (SSSR count). The molecule has 1 aromatic carbocycles. The van der Waals surface area contributed by atoms with E-state index in [-0.39, 0.29) is 31.0 Å². The zero-order valence-electron chi connectivity index (χ0n) is 12.1. The van der Waals surface area contributed by atoms with E-state index >= 15 is 0 Å². The molecule has 0 spiro atoms. The predicted octanol–water partition coefficient (Wildman–Crippen LogP) is 1.64. The fraction of sp³-hybridized carbons (Fsp3) is 0.467. The van der Waals surface area contributed by atoms with Crippen molar-refractivity contribution in [2.75, 3.05) is 18.1 Å². The standard InChI is InChI=1S/C15H20N2O3/c1-4-11(3)16-14(18)8-17-12-6-5-10(2)7-13(12)20-9-15(17)19/h5-7,11H,4,8-9H2,1-3H3,(H,16,18)/t11-/m1/s1. The van der Waals surface area contributed by atoms with E-state index < -0.39 is 0 Å². The highest BCUT2D eigenvalue weighted by molar-refractivity contribution is 6.02. The summed E-state index contributed by atoms with van der Waals surface area (Å²) in [6.45, 7) is 5.91. The summed E-state index contributed by atoms with van der Waals surface area (Å²) in [6.07, 6.45) is 0.860. The van der Waals surface area contributed by atoms with E-state index in [4.69, 9.17) is 4.74 Å². The molecule has 1 aliphatic heterocycles. The smallest absolute Gasteiger partial charge is 0.265 e. The third-order valence-corrected chi connectivity index (χ3v) is 3.38. The molecular formula is C15H20N2O3. The number of benzene rings is 1. The van der Waals surface area contributed by atoms with E-state index in [1.54, 1.807) is 0 Å². The van der Waals surface area contributed by atoms with Gasteiger partial charge in [-0.3, -0.25) is 14.5 Å². The van der Waals surface area contributed by atoms with Crippen molar-refractivity contribution >= 4 is 17.5 Å². The molecule has 2 amide bonds. The Hall–Kier alpha value is -2.04. The minimum Gasteiger partial charge on any atom is -0.482 e. The molecule has 1 N–H and O–H groups in total. The van der Waals surface area contributed by atoms with E-state index in [0.717, 1.165) is 12.0 Å². The largest absolute Gasteiger partial charge is 0.482 e. The topological polar surface area (TPSA) is 58.6 Å². The minimum absolute atomic E-state index is 0.0208. The molecule has 5 heteroatoms. The first-order chi connectivity index (χ1) is 9.51. The second-order valence-corrected chi connectivity index (χ2v) is 5.12. The summed E-state index contributed by atoms with van der Waals surface area (Å²) in [6, 6.07) is 5.70. The lowest BCUT2D eigenvalue weighted by molar-refractivity contribution is -0.125. The van der Waals surface area contributed by atoms with Gasteiger partial charge < -0.3 is 10.1 Å². The Kier molecular flexibility index (Phi) is 4.27. The normalized spacial score (nSPS) is 15.3. The summed E-state index contributed by atoms with van der Waals surface area (Å²) < 4.78 is 5.41. The molecule has 0 bridgehead atoms. The SMILES string of the molecule is CC[C@@H](C)NC(=O)CN1C(=O)COc2cc(C)ccc21. The number of aryl methyl sites for hydroxylation is 1. The lowest BCUT2D eigenvalue weighted by atomic mass is 10.1. The number of rotatable bonds is 4. The number of hydrogen-bond donors (Lipinski definition) is 1. The van der Waals surface area contributed by atoms with Gasteiger partial charge in [-0.15, -0.1) is 0 Å². The molecule has 0 fully saturated rings. The van der Waals surface area contributed by atoms with Gasteiger partial charge in [-0.25, -0.2) is 0 Å². The molecule has 0 saturated carbocycles. The van der Waals surface area contributed by atoms with Crippen LogP contribution in [0.1, 0.15) is 25.8 Å². The Labute approximate surface area is 118 Å². The minimum atomic E-state index is -0.194. The predicted molar refractivity (Wildman–Crippen MR) is 76.9 cm³/mol. The number of anilines is 1. The van der Waals surface area contributed by atoms with Crippen molar-refractivity contribution < 1.29 is 14.3 Å². The van der Waals surface area contributed by atoms with Crippen LogP contribution in [0.15, 0.2) is 18.2 Å². The van der Waals surface area contributed by atoms with Crippen molar-refractivity contribution in [3.8, 4) is 5.75 Å². The van der Waals surface area contributed by atoms with Crippen LogP contribution in [0.2, 0.25) is 0 Å². The number of fused-ring (bicyclic) bond motifs is 1. The molecule has 0 radical (unpaired) electrons. The first-order valence-corrected chi connectivity index (χ1v) is 6.84. The summed E-state index contributed by atoms with van der Waals surface area (Å²) in [5.41, 5.74) is 1.72. The number of hydrogen-bond acceptors (Lipinski definition) is 3. The quantitative estimate of drug-likeness (QED) is 0.909. The van der Waals surface area contributed by atoms with Crippen LogP contribution in [0.5, 0.6) is 5.75 Å². The van der Waals surface area contributed by atoms with Crippen LogP contribution in [-0.2, 0) is 9.59 Å². The Morgan fingerprint density at radius 1 is 1.50 bits per heavy atom. The summed E-state index contributed by atoms with van der Waals surface area (Å²) >= 11 is 0. The molecule has 1 aromatic rings. The Bertz CT molecular complexity index is 528. The van der Waals surface area contributed by atoms with Crippen LogP contribution >= 0.6 is 0 Å². The Morgan fingerprint density at radius 2 is 2.25 bits per heavy atom. The maximum Gasteiger partial charge on any atom is 0.265 e. The molecule has 0 unspecified atom stereocenters. The van der Waals surface area contributed by atoms with Crippen molar-refractivity contribution in [2.24, 2.45) is 0 Å². The highest BCUT2D eigenvalue weighted by atomic mass is 16.5. The number of ether oxygens (including phenoxy) is 1. The first kappa shape index (κ1) is 14.4. The van der Waals surface area contributed by atoms with Crippen molar-refractivity contribution in [1.29, 1.82) is 0 Å². The molecule has 0 aliphatic carbocycles. The van der Waals surface area contributed by atoms with Gasteiger partial charge in [0.05, 0.1) is 5.69 Å². The monoisotopic (exact) mass is 276 g/mol. The third kappa shape index (κ3) is 3.10. The maximum absolute atomic E-state index is 12.0. The average Bonchev–Trinajstić information content (AvgIpc) is 2.41. The van der Waals surface area contributed by atoms with Crippen LogP contribution in [0.4, 0.5) is 5.69 Å². The highest BCUT2D eigenvalue weighted by Gasteiger charge is 2.27. The van der Waals surface area contributed by atoms with Gasteiger partial charge in [0.15, 0.2) is 6.61 Å². The van der Waals surface area contributed by atoms with E-state index in [0.29, 0.717) is 11.4 Å². The van der Waals surface area contributed by atoms with Crippen LogP contribution in [0, 0.1) is 6.92 Å². The number of amides is 2. The van der Waals surface area contributed by atoms with Crippen molar-refractivity contribution in [3.63, 3.8) is 0 Å². The van der Waals surface area contributed by atoms with Gasteiger partial charge in [0.25, 0.3) is 5.91 Å². The van der Waals surface area contributed by atoms with E-state index in [1.807, 2.05) is 39.0 Å². The van der Waals surface area contributed by atoms with Crippen LogP contribution in [0.25, 0.3) is 0 Å². The molecule has 5 nitrogen and oxygen atoms in total. The van der Waals surface area contributed by atoms with Gasteiger partial charge in [-0.1, -0.05) is 13.0 Å². The summed E-state index contributed by atoms with van der Waals surface area (Å²) in [5, 5.41) is 2.87. The van der Waals surface area contributed by atoms with Crippen molar-refractivity contribution in [1.82, 2.24) is 5.32 Å². The molecule has 0 aromatic heterocycles. The second-order valence-electron chi connectivity index (χ2n) is 5.12. The zero-order valence-corrected chi connectivity index (χ0v) is 12.1. The van der Waals surface area contributed by atoms with E-state index in [1.165, 1.54) is 4.90 Å². The Balaban J connectivity index is 2.15. The summed E-state index contributed by atoms with van der Waals surface area (Å²) in [7, 11) is 0. The van der Waals surface area contributed by atoms with Crippen LogP contribution in [0.3, 0.4) is 0 Å². The molecule has 1 aliphatic rings. The van der Waals surface area contributed by atoms with Gasteiger partial charge in [-0.2, -0.15) is 0 Å². The first-order valence-electron chi connectivity index (χ1n) is 6.84. The lowest BCUT2D eigenvalue weighted by Crippen LogP contribution is -2.46. The summed E-state index contributed by atoms with van der Waals surface area (Å²) in [5.74, 6) is 0.308. The molecule has 0 saturated heterocycles. The number of carbonyl (C=O) groups excluding carboxylic acids is 2. The van der Waals surface area contributed by atoms with Gasteiger partial charge in [0, 0.05) is 6.04 Å². The fourth-order valence-electron chi connectivity index (χ4n) is 2.05. The number of carbonyl (C=O) groups is 2. The third-order valence-electron chi connectivity index (χ3n) is 3.38. The van der Waals surface area contributed by atoms with Crippen molar-refractivity contribution in [2.45, 2.75) is 33.2 Å². The highest BCUT2D eigenvalue weighted by Crippen LogP contribution is 2.32. The van der Waals surface area contributed by atoms with Crippen molar-refractivity contribution in [3.05, 3.63) is 23.8 Å². The van der Waals surface area contributed by atoms with E-state index in [2.05, 4.69) is 5.32 Å². The van der Waals surface area contributed by atoms with Gasteiger partial charge in [-0.05, 0) is 38.0 Å². The fourth-order valence-corrected chi connectivity index (χ4v) is 2.05. The average molecular weight is 276 g/mol. The molecule has 20 heavy (non-hydrogen) atoms. The van der Waals surface area contributed by atoms with Gasteiger partial charge in [0.2, 0.25) is 5.91 Å². The van der Waals surface area contributed by atoms with Gasteiger partial charge in [0.1, 0.15) is 12.3 Å². The van der Waals surface area contributed by atoms with E-state index in [9.17, 15) is 9.59 Å². The number of nitrogens with zero attached hydrogens (tertiary/aromatic N) is 1. The lowest BCUT2D eigenvalue weighted by Gasteiger charge is -2.29.